The molecule has 0 radical (unpaired) electrons. The van der Waals surface area contributed by atoms with Crippen LogP contribution in [-0.4, -0.2) is 77.8 Å². The Bertz CT molecular complexity index is 1860. The summed E-state index contributed by atoms with van der Waals surface area (Å²) in [6.07, 6.45) is 5.19. The highest BCUT2D eigenvalue weighted by atomic mass is 32.2. The summed E-state index contributed by atoms with van der Waals surface area (Å²) in [5.41, 5.74) is 2.72. The van der Waals surface area contributed by atoms with E-state index in [1.165, 1.54) is 4.31 Å². The van der Waals surface area contributed by atoms with Gasteiger partial charge in [-0.15, -0.1) is 0 Å². The fraction of sp³-hybridized carbons (Fsp3) is 0.394. The number of ether oxygens (including phenoxy) is 3. The third-order valence-corrected chi connectivity index (χ3v) is 10.2. The van der Waals surface area contributed by atoms with E-state index in [9.17, 15) is 13.2 Å². The second-order valence-electron chi connectivity index (χ2n) is 11.3. The van der Waals surface area contributed by atoms with E-state index in [0.717, 1.165) is 29.7 Å². The van der Waals surface area contributed by atoms with E-state index in [1.54, 1.807) is 24.5 Å². The minimum absolute atomic E-state index is 0.0649. The maximum Gasteiger partial charge on any atom is 0.260 e. The number of rotatable bonds is 11. The molecular formula is C33H39N5O6S. The third-order valence-electron chi connectivity index (χ3n) is 8.33. The Morgan fingerprint density at radius 1 is 1.07 bits per heavy atom. The highest BCUT2D eigenvalue weighted by Gasteiger charge is 2.34. The average molecular weight is 634 g/mol. The molecule has 2 aliphatic rings. The fourth-order valence-electron chi connectivity index (χ4n) is 6.14. The normalized spacial score (nSPS) is 16.7. The lowest BCUT2D eigenvalue weighted by molar-refractivity contribution is 0.0527. The van der Waals surface area contributed by atoms with Gasteiger partial charge in [0.15, 0.2) is 5.76 Å². The highest BCUT2D eigenvalue weighted by Crippen LogP contribution is 2.33. The number of nitrogens with zero attached hydrogens (tertiary/aromatic N) is 4. The zero-order valence-electron chi connectivity index (χ0n) is 25.9. The number of fused-ring (bicyclic) bond motifs is 1. The maximum absolute atomic E-state index is 14.0. The number of aryl methyl sites for hydroxylation is 2. The zero-order chi connectivity index (χ0) is 31.6. The van der Waals surface area contributed by atoms with Crippen molar-refractivity contribution in [2.75, 3.05) is 39.6 Å². The number of hydrogen-bond acceptors (Lipinski definition) is 8. The van der Waals surface area contributed by atoms with Crippen molar-refractivity contribution < 1.29 is 22.6 Å². The first-order valence-corrected chi connectivity index (χ1v) is 16.8. The van der Waals surface area contributed by atoms with Gasteiger partial charge in [0, 0.05) is 38.9 Å². The van der Waals surface area contributed by atoms with Crippen molar-refractivity contribution in [2.45, 2.75) is 51.1 Å². The van der Waals surface area contributed by atoms with Crippen LogP contribution in [0.1, 0.15) is 31.4 Å². The molecule has 2 aromatic carbocycles. The second-order valence-corrected chi connectivity index (χ2v) is 13.2. The van der Waals surface area contributed by atoms with Gasteiger partial charge in [-0.05, 0) is 56.0 Å². The molecule has 11 nitrogen and oxygen atoms in total. The van der Waals surface area contributed by atoms with Crippen molar-refractivity contribution in [3.63, 3.8) is 0 Å². The Labute approximate surface area is 263 Å². The van der Waals surface area contributed by atoms with E-state index < -0.39 is 10.0 Å². The van der Waals surface area contributed by atoms with Crippen molar-refractivity contribution >= 4 is 21.1 Å². The lowest BCUT2D eigenvalue weighted by atomic mass is 10.0. The molecular weight excluding hydrogens is 594 g/mol. The standard InChI is InChI=1S/C33H39N5O6S/c1-4-13-37-20-23(3)30-32(37)34-31(35-33(30)39)26-19-25(11-12-28(26)43-5-2)45(40,41)38-16-14-36(15-17-38)27(29-21-42-22-44-29)18-24-9-7-6-8-10-24/h6-12,19-21,27H,4-5,13-18,22H2,1-3H3,(H,34,35,39). The van der Waals surface area contributed by atoms with E-state index in [-0.39, 0.29) is 29.1 Å². The highest BCUT2D eigenvalue weighted by molar-refractivity contribution is 7.89. The number of aromatic amines is 1. The Morgan fingerprint density at radius 3 is 2.53 bits per heavy atom. The van der Waals surface area contributed by atoms with Gasteiger partial charge in [-0.25, -0.2) is 13.4 Å². The van der Waals surface area contributed by atoms with E-state index in [4.69, 9.17) is 19.2 Å². The molecule has 45 heavy (non-hydrogen) atoms. The summed E-state index contributed by atoms with van der Waals surface area (Å²) in [4.78, 5) is 23.3. The Balaban J connectivity index is 1.28. The number of nitrogens with one attached hydrogen (secondary N) is 1. The minimum atomic E-state index is -3.86. The van der Waals surface area contributed by atoms with E-state index in [2.05, 4.69) is 28.9 Å². The number of hydrogen-bond donors (Lipinski definition) is 1. The molecule has 0 spiro atoms. The van der Waals surface area contributed by atoms with E-state index in [0.29, 0.717) is 61.7 Å². The molecule has 238 valence electrons. The third kappa shape index (κ3) is 6.22. The van der Waals surface area contributed by atoms with Crippen LogP contribution in [0.15, 0.2) is 76.4 Å². The largest absolute Gasteiger partial charge is 0.493 e. The molecule has 2 aliphatic heterocycles. The quantitative estimate of drug-likeness (QED) is 0.260. The van der Waals surface area contributed by atoms with E-state index >= 15 is 0 Å². The SMILES string of the molecule is CCCn1cc(C)c2c(=O)[nH]c(-c3cc(S(=O)(=O)N4CCN(C(Cc5ccccc5)C5=COCO5)CC4)ccc3OCC)nc21. The summed E-state index contributed by atoms with van der Waals surface area (Å²) in [7, 11) is -3.86. The van der Waals surface area contributed by atoms with Gasteiger partial charge in [0.1, 0.15) is 23.5 Å². The van der Waals surface area contributed by atoms with Gasteiger partial charge in [0.2, 0.25) is 16.8 Å². The molecule has 4 aromatic rings. The van der Waals surface area contributed by atoms with Crippen LogP contribution in [-0.2, 0) is 32.5 Å². The molecule has 0 bridgehead atoms. The molecule has 0 aliphatic carbocycles. The van der Waals surface area contributed by atoms with E-state index in [1.807, 2.05) is 42.8 Å². The number of H-pyrrole nitrogens is 1. The Kier molecular flexibility index (Phi) is 8.97. The zero-order valence-corrected chi connectivity index (χ0v) is 26.7. The molecule has 1 N–H and O–H groups in total. The summed E-state index contributed by atoms with van der Waals surface area (Å²) >= 11 is 0. The van der Waals surface area contributed by atoms with Gasteiger partial charge in [-0.1, -0.05) is 37.3 Å². The summed E-state index contributed by atoms with van der Waals surface area (Å²) in [6, 6.07) is 14.9. The first-order chi connectivity index (χ1) is 21.8. The van der Waals surface area contributed by atoms with Crippen LogP contribution in [0.25, 0.3) is 22.4 Å². The smallest absolute Gasteiger partial charge is 0.260 e. The maximum atomic E-state index is 14.0. The Hall–Kier alpha value is -4.13. The van der Waals surface area contributed by atoms with Gasteiger partial charge in [-0.3, -0.25) is 9.69 Å². The van der Waals surface area contributed by atoms with Crippen LogP contribution in [0, 0.1) is 6.92 Å². The summed E-state index contributed by atoms with van der Waals surface area (Å²) in [6.45, 7) is 8.76. The van der Waals surface area contributed by atoms with Crippen LogP contribution < -0.4 is 10.3 Å². The molecule has 4 heterocycles. The second kappa shape index (κ2) is 13.1. The van der Waals surface area contributed by atoms with Gasteiger partial charge < -0.3 is 23.8 Å². The molecule has 1 unspecified atom stereocenters. The molecule has 1 atom stereocenters. The molecule has 2 aromatic heterocycles. The summed E-state index contributed by atoms with van der Waals surface area (Å²) in [5, 5.41) is 0.530. The van der Waals surface area contributed by atoms with Gasteiger partial charge in [-0.2, -0.15) is 4.31 Å². The van der Waals surface area contributed by atoms with Crippen molar-refractivity contribution in [1.29, 1.82) is 0 Å². The van der Waals surface area contributed by atoms with Crippen LogP contribution in [0.4, 0.5) is 0 Å². The topological polar surface area (TPSA) is 119 Å². The molecule has 0 amide bonds. The lowest BCUT2D eigenvalue weighted by Gasteiger charge is -2.38. The number of piperazine rings is 1. The first-order valence-electron chi connectivity index (χ1n) is 15.4. The average Bonchev–Trinajstić information content (AvgIpc) is 3.69. The monoisotopic (exact) mass is 633 g/mol. The predicted octanol–water partition coefficient (Wildman–Crippen LogP) is 4.27. The van der Waals surface area contributed by atoms with Crippen molar-refractivity contribution in [3.8, 4) is 17.1 Å². The Morgan fingerprint density at radius 2 is 1.84 bits per heavy atom. The molecule has 1 saturated heterocycles. The predicted molar refractivity (Wildman–Crippen MR) is 171 cm³/mol. The van der Waals surface area contributed by atoms with Gasteiger partial charge in [0.25, 0.3) is 5.56 Å². The number of benzene rings is 2. The molecule has 12 heteroatoms. The fourth-order valence-corrected chi connectivity index (χ4v) is 7.59. The van der Waals surface area contributed by atoms with Crippen LogP contribution in [0.5, 0.6) is 5.75 Å². The van der Waals surface area contributed by atoms with Crippen molar-refractivity contribution in [3.05, 3.63) is 88.2 Å². The number of sulfonamides is 1. The van der Waals surface area contributed by atoms with Gasteiger partial charge >= 0.3 is 0 Å². The summed E-state index contributed by atoms with van der Waals surface area (Å²) < 4.78 is 48.5. The van der Waals surface area contributed by atoms with Gasteiger partial charge in [0.05, 0.1) is 28.5 Å². The number of aromatic nitrogens is 3. The van der Waals surface area contributed by atoms with Crippen LogP contribution in [0.2, 0.25) is 0 Å². The molecule has 1 fully saturated rings. The summed E-state index contributed by atoms with van der Waals surface area (Å²) in [5.74, 6) is 1.47. The first kappa shape index (κ1) is 30.9. The lowest BCUT2D eigenvalue weighted by Crippen LogP contribution is -2.52. The minimum Gasteiger partial charge on any atom is -0.493 e. The van der Waals surface area contributed by atoms with Crippen molar-refractivity contribution in [2.24, 2.45) is 0 Å². The van der Waals surface area contributed by atoms with Crippen LogP contribution in [0.3, 0.4) is 0 Å². The van der Waals surface area contributed by atoms with Crippen molar-refractivity contribution in [1.82, 2.24) is 23.7 Å². The molecule has 6 rings (SSSR count). The molecule has 0 saturated carbocycles. The van der Waals surface area contributed by atoms with Crippen LogP contribution >= 0.6 is 0 Å².